The van der Waals surface area contributed by atoms with E-state index in [0.29, 0.717) is 16.7 Å². The van der Waals surface area contributed by atoms with Crippen LogP contribution in [0.15, 0.2) is 6.33 Å². The quantitative estimate of drug-likeness (QED) is 0.847. The van der Waals surface area contributed by atoms with E-state index >= 15 is 0 Å². The van der Waals surface area contributed by atoms with Gasteiger partial charge < -0.3 is 5.32 Å². The van der Waals surface area contributed by atoms with E-state index in [1.807, 2.05) is 0 Å². The fourth-order valence-electron chi connectivity index (χ4n) is 2.21. The van der Waals surface area contributed by atoms with Gasteiger partial charge in [0.2, 0.25) is 0 Å². The number of rotatable bonds is 2. The summed E-state index contributed by atoms with van der Waals surface area (Å²) in [6.07, 6.45) is 7.92. The molecular formula is C11H13ClN4S. The molecule has 0 aromatic carbocycles. The normalized spacial score (nSPS) is 17.5. The van der Waals surface area contributed by atoms with Crippen molar-refractivity contribution >= 4 is 38.4 Å². The molecule has 0 aliphatic heterocycles. The first-order valence-electron chi connectivity index (χ1n) is 5.86. The third kappa shape index (κ3) is 2.35. The monoisotopic (exact) mass is 268 g/mol. The summed E-state index contributed by atoms with van der Waals surface area (Å²) in [5, 5.41) is 4.82. The van der Waals surface area contributed by atoms with Gasteiger partial charge in [-0.3, -0.25) is 0 Å². The molecular weight excluding hydrogens is 256 g/mol. The zero-order valence-electron chi connectivity index (χ0n) is 9.32. The lowest BCUT2D eigenvalue weighted by Crippen LogP contribution is -2.21. The van der Waals surface area contributed by atoms with Gasteiger partial charge in [0.25, 0.3) is 0 Å². The Labute approximate surface area is 108 Å². The Morgan fingerprint density at radius 3 is 2.82 bits per heavy atom. The van der Waals surface area contributed by atoms with Gasteiger partial charge in [-0.25, -0.2) is 15.0 Å². The van der Waals surface area contributed by atoms with Crippen molar-refractivity contribution in [2.75, 3.05) is 5.32 Å². The van der Waals surface area contributed by atoms with Crippen molar-refractivity contribution in [3.63, 3.8) is 0 Å². The van der Waals surface area contributed by atoms with Crippen LogP contribution in [-0.4, -0.2) is 21.0 Å². The summed E-state index contributed by atoms with van der Waals surface area (Å²) in [5.74, 6) is 0. The number of aromatic nitrogens is 3. The van der Waals surface area contributed by atoms with Crippen LogP contribution in [0.3, 0.4) is 0 Å². The Kier molecular flexibility index (Phi) is 3.11. The summed E-state index contributed by atoms with van der Waals surface area (Å²) in [7, 11) is 0. The first-order chi connectivity index (χ1) is 8.33. The lowest BCUT2D eigenvalue weighted by atomic mass is 9.96. The molecule has 1 aliphatic rings. The number of nitrogens with one attached hydrogen (secondary N) is 1. The minimum absolute atomic E-state index is 0.433. The van der Waals surface area contributed by atoms with E-state index in [1.165, 1.54) is 38.4 Å². The van der Waals surface area contributed by atoms with Crippen LogP contribution in [-0.2, 0) is 0 Å². The van der Waals surface area contributed by atoms with Crippen LogP contribution >= 0.6 is 22.9 Å². The predicted molar refractivity (Wildman–Crippen MR) is 70.7 cm³/mol. The van der Waals surface area contributed by atoms with E-state index in [1.54, 1.807) is 11.3 Å². The number of halogens is 1. The maximum atomic E-state index is 5.98. The lowest BCUT2D eigenvalue weighted by molar-refractivity contribution is 0.462. The SMILES string of the molecule is Clc1ncnc2sc(NC3CCCCC3)nc12. The highest BCUT2D eigenvalue weighted by Gasteiger charge is 2.16. The molecule has 0 spiro atoms. The second kappa shape index (κ2) is 4.74. The standard InChI is InChI=1S/C11H13ClN4S/c12-9-8-10(14-6-13-9)17-11(16-8)15-7-4-2-1-3-5-7/h6-7H,1-5H2,(H,15,16). The molecule has 1 saturated carbocycles. The molecule has 90 valence electrons. The topological polar surface area (TPSA) is 50.7 Å². The van der Waals surface area contributed by atoms with Crippen molar-refractivity contribution < 1.29 is 0 Å². The van der Waals surface area contributed by atoms with Gasteiger partial charge in [0.1, 0.15) is 16.7 Å². The molecule has 1 aliphatic carbocycles. The average Bonchev–Trinajstić information content (AvgIpc) is 2.74. The summed E-state index contributed by atoms with van der Waals surface area (Å²) in [6, 6.07) is 0.552. The van der Waals surface area contributed by atoms with Gasteiger partial charge in [0.05, 0.1) is 0 Å². The fourth-order valence-corrected chi connectivity index (χ4v) is 3.33. The smallest absolute Gasteiger partial charge is 0.185 e. The Hall–Kier alpha value is -0.940. The van der Waals surface area contributed by atoms with Gasteiger partial charge in [-0.1, -0.05) is 42.2 Å². The minimum atomic E-state index is 0.433. The fraction of sp³-hybridized carbons (Fsp3) is 0.545. The van der Waals surface area contributed by atoms with Crippen LogP contribution in [0.5, 0.6) is 0 Å². The van der Waals surface area contributed by atoms with E-state index in [0.717, 1.165) is 9.96 Å². The van der Waals surface area contributed by atoms with Gasteiger partial charge in [0.15, 0.2) is 10.3 Å². The van der Waals surface area contributed by atoms with E-state index in [-0.39, 0.29) is 0 Å². The van der Waals surface area contributed by atoms with Crippen molar-refractivity contribution in [1.82, 2.24) is 15.0 Å². The molecule has 0 saturated heterocycles. The lowest BCUT2D eigenvalue weighted by Gasteiger charge is -2.22. The van der Waals surface area contributed by atoms with Crippen LogP contribution in [0.25, 0.3) is 10.3 Å². The van der Waals surface area contributed by atoms with Crippen LogP contribution in [0, 0.1) is 0 Å². The number of thiazole rings is 1. The molecule has 2 heterocycles. The molecule has 1 N–H and O–H groups in total. The van der Waals surface area contributed by atoms with Crippen LogP contribution < -0.4 is 5.32 Å². The summed E-state index contributed by atoms with van der Waals surface area (Å²) in [4.78, 5) is 13.4. The molecule has 2 aromatic rings. The zero-order valence-corrected chi connectivity index (χ0v) is 10.9. The Balaban J connectivity index is 1.83. The van der Waals surface area contributed by atoms with Crippen molar-refractivity contribution in [3.05, 3.63) is 11.5 Å². The van der Waals surface area contributed by atoms with E-state index in [2.05, 4.69) is 20.3 Å². The summed E-state index contributed by atoms with van der Waals surface area (Å²) in [6.45, 7) is 0. The van der Waals surface area contributed by atoms with E-state index in [9.17, 15) is 0 Å². The molecule has 0 radical (unpaired) electrons. The second-order valence-corrected chi connectivity index (χ2v) is 5.65. The molecule has 0 bridgehead atoms. The molecule has 0 amide bonds. The highest BCUT2D eigenvalue weighted by molar-refractivity contribution is 7.21. The Morgan fingerprint density at radius 1 is 1.24 bits per heavy atom. The molecule has 1 fully saturated rings. The predicted octanol–water partition coefficient (Wildman–Crippen LogP) is 3.48. The van der Waals surface area contributed by atoms with E-state index < -0.39 is 0 Å². The van der Waals surface area contributed by atoms with Gasteiger partial charge in [-0.05, 0) is 12.8 Å². The molecule has 17 heavy (non-hydrogen) atoms. The number of fused-ring (bicyclic) bond motifs is 1. The number of hydrogen-bond donors (Lipinski definition) is 1. The highest BCUT2D eigenvalue weighted by atomic mass is 35.5. The third-order valence-corrected chi connectivity index (χ3v) is 4.25. The Bertz CT molecular complexity index is 521. The van der Waals surface area contributed by atoms with Crippen molar-refractivity contribution in [2.24, 2.45) is 0 Å². The highest BCUT2D eigenvalue weighted by Crippen LogP contribution is 2.29. The Morgan fingerprint density at radius 2 is 2.06 bits per heavy atom. The first kappa shape index (κ1) is 11.2. The minimum Gasteiger partial charge on any atom is -0.359 e. The summed E-state index contributed by atoms with van der Waals surface area (Å²) < 4.78 is 0. The van der Waals surface area contributed by atoms with Crippen LogP contribution in [0.1, 0.15) is 32.1 Å². The second-order valence-electron chi connectivity index (χ2n) is 4.32. The van der Waals surface area contributed by atoms with Gasteiger partial charge in [0, 0.05) is 6.04 Å². The third-order valence-electron chi connectivity index (χ3n) is 3.08. The summed E-state index contributed by atoms with van der Waals surface area (Å²) >= 11 is 7.53. The van der Waals surface area contributed by atoms with Gasteiger partial charge >= 0.3 is 0 Å². The molecule has 3 rings (SSSR count). The number of hydrogen-bond acceptors (Lipinski definition) is 5. The number of anilines is 1. The molecule has 2 aromatic heterocycles. The van der Waals surface area contributed by atoms with Crippen LogP contribution in [0.2, 0.25) is 5.15 Å². The largest absolute Gasteiger partial charge is 0.359 e. The molecule has 6 heteroatoms. The maximum absolute atomic E-state index is 5.98. The van der Waals surface area contributed by atoms with Gasteiger partial charge in [-0.15, -0.1) is 0 Å². The van der Waals surface area contributed by atoms with Crippen molar-refractivity contribution in [1.29, 1.82) is 0 Å². The molecule has 4 nitrogen and oxygen atoms in total. The molecule has 0 atom stereocenters. The maximum Gasteiger partial charge on any atom is 0.185 e. The average molecular weight is 269 g/mol. The van der Waals surface area contributed by atoms with Crippen molar-refractivity contribution in [3.8, 4) is 0 Å². The zero-order chi connectivity index (χ0) is 11.7. The summed E-state index contributed by atoms with van der Waals surface area (Å²) in [5.41, 5.74) is 0.706. The van der Waals surface area contributed by atoms with Crippen LogP contribution in [0.4, 0.5) is 5.13 Å². The van der Waals surface area contributed by atoms with Gasteiger partial charge in [-0.2, -0.15) is 0 Å². The van der Waals surface area contributed by atoms with E-state index in [4.69, 9.17) is 11.6 Å². The van der Waals surface area contributed by atoms with Crippen molar-refractivity contribution in [2.45, 2.75) is 38.1 Å². The first-order valence-corrected chi connectivity index (χ1v) is 7.06. The molecule has 0 unspecified atom stereocenters. The number of nitrogens with zero attached hydrogens (tertiary/aromatic N) is 3.